The van der Waals surface area contributed by atoms with Crippen LogP contribution in [0, 0.1) is 0 Å². The second kappa shape index (κ2) is 8.19. The Bertz CT molecular complexity index is 518. The number of hydrazine groups is 1. The molecule has 0 bridgehead atoms. The minimum atomic E-state index is -0.530. The van der Waals surface area contributed by atoms with Crippen molar-refractivity contribution in [3.63, 3.8) is 0 Å². The van der Waals surface area contributed by atoms with Crippen LogP contribution in [0.15, 0.2) is 43.0 Å². The van der Waals surface area contributed by atoms with Crippen molar-refractivity contribution in [1.82, 2.24) is 10.4 Å². The summed E-state index contributed by atoms with van der Waals surface area (Å²) >= 11 is 0. The molecule has 1 saturated heterocycles. The second-order valence-corrected chi connectivity index (χ2v) is 4.93. The maximum Gasteiger partial charge on any atom is 0.424 e. The molecule has 1 aliphatic rings. The van der Waals surface area contributed by atoms with Crippen molar-refractivity contribution in [1.29, 1.82) is 0 Å². The molecule has 0 spiro atoms. The van der Waals surface area contributed by atoms with Crippen molar-refractivity contribution >= 4 is 12.1 Å². The molecule has 0 radical (unpaired) electrons. The van der Waals surface area contributed by atoms with Gasteiger partial charge in [0.15, 0.2) is 0 Å². The molecule has 6 nitrogen and oxygen atoms in total. The van der Waals surface area contributed by atoms with Gasteiger partial charge in [0.25, 0.3) is 0 Å². The van der Waals surface area contributed by atoms with Crippen molar-refractivity contribution in [2.24, 2.45) is 0 Å². The van der Waals surface area contributed by atoms with Crippen LogP contribution in [0.4, 0.5) is 4.79 Å². The zero-order valence-corrected chi connectivity index (χ0v) is 12.4. The van der Waals surface area contributed by atoms with E-state index in [4.69, 9.17) is 9.47 Å². The molecule has 6 heteroatoms. The predicted octanol–water partition coefficient (Wildman–Crippen LogP) is 2.02. The van der Waals surface area contributed by atoms with Crippen LogP contribution in [-0.4, -0.2) is 36.3 Å². The summed E-state index contributed by atoms with van der Waals surface area (Å²) in [5.74, 6) is -0.388. The van der Waals surface area contributed by atoms with Crippen LogP contribution in [0.1, 0.15) is 18.4 Å². The molecule has 1 aliphatic heterocycles. The first-order valence-electron chi connectivity index (χ1n) is 7.22. The number of benzene rings is 1. The molecule has 2 rings (SSSR count). The maximum atomic E-state index is 12.0. The molecule has 1 amide bonds. The molecule has 0 aromatic heterocycles. The number of ether oxygens (including phenoxy) is 2. The Kier molecular flexibility index (Phi) is 5.97. The largest absolute Gasteiger partial charge is 0.460 e. The number of nitrogens with one attached hydrogen (secondary N) is 1. The van der Waals surface area contributed by atoms with Crippen molar-refractivity contribution in [2.45, 2.75) is 25.5 Å². The molecular formula is C16H20N2O4. The van der Waals surface area contributed by atoms with E-state index in [9.17, 15) is 9.59 Å². The van der Waals surface area contributed by atoms with Gasteiger partial charge in [-0.25, -0.2) is 15.2 Å². The molecule has 1 aromatic rings. The van der Waals surface area contributed by atoms with Crippen LogP contribution in [-0.2, 0) is 20.9 Å². The van der Waals surface area contributed by atoms with Crippen LogP contribution in [0.5, 0.6) is 0 Å². The van der Waals surface area contributed by atoms with Gasteiger partial charge in [-0.1, -0.05) is 43.0 Å². The number of nitrogens with zero attached hydrogens (tertiary/aromatic N) is 1. The van der Waals surface area contributed by atoms with E-state index < -0.39 is 12.1 Å². The van der Waals surface area contributed by atoms with Crippen LogP contribution in [0.2, 0.25) is 0 Å². The van der Waals surface area contributed by atoms with E-state index in [1.807, 2.05) is 30.3 Å². The quantitative estimate of drug-likeness (QED) is 0.666. The minimum Gasteiger partial charge on any atom is -0.460 e. The topological polar surface area (TPSA) is 67.9 Å². The predicted molar refractivity (Wildman–Crippen MR) is 80.6 cm³/mol. The fourth-order valence-corrected chi connectivity index (χ4v) is 2.12. The SMILES string of the molecule is C=CCOC(=O)C1CCCN(C(=O)OCc2ccccc2)N1. The fraction of sp³-hybridized carbons (Fsp3) is 0.375. The van der Waals surface area contributed by atoms with Gasteiger partial charge in [0.2, 0.25) is 0 Å². The summed E-state index contributed by atoms with van der Waals surface area (Å²) in [4.78, 5) is 23.8. The average Bonchev–Trinajstić information content (AvgIpc) is 2.58. The number of esters is 1. The molecule has 22 heavy (non-hydrogen) atoms. The third kappa shape index (κ3) is 4.60. The van der Waals surface area contributed by atoms with Crippen LogP contribution >= 0.6 is 0 Å². The smallest absolute Gasteiger partial charge is 0.424 e. The van der Waals surface area contributed by atoms with Crippen molar-refractivity contribution < 1.29 is 19.1 Å². The Morgan fingerprint density at radius 3 is 2.82 bits per heavy atom. The molecule has 1 heterocycles. The van der Waals surface area contributed by atoms with E-state index in [1.54, 1.807) is 0 Å². The fourth-order valence-electron chi connectivity index (χ4n) is 2.12. The molecule has 1 atom stereocenters. The zero-order valence-electron chi connectivity index (χ0n) is 12.4. The lowest BCUT2D eigenvalue weighted by atomic mass is 10.1. The Hall–Kier alpha value is -2.34. The molecule has 1 N–H and O–H groups in total. The molecule has 1 unspecified atom stereocenters. The van der Waals surface area contributed by atoms with Gasteiger partial charge in [-0.15, -0.1) is 0 Å². The van der Waals surface area contributed by atoms with Crippen molar-refractivity contribution in [2.75, 3.05) is 13.2 Å². The summed E-state index contributed by atoms with van der Waals surface area (Å²) in [5, 5.41) is 1.33. The first kappa shape index (κ1) is 16.0. The highest BCUT2D eigenvalue weighted by molar-refractivity contribution is 5.77. The van der Waals surface area contributed by atoms with Gasteiger partial charge in [0.05, 0.1) is 0 Å². The summed E-state index contributed by atoms with van der Waals surface area (Å²) in [6.45, 7) is 4.35. The maximum absolute atomic E-state index is 12.0. The van der Waals surface area contributed by atoms with E-state index >= 15 is 0 Å². The van der Waals surface area contributed by atoms with Gasteiger partial charge in [0, 0.05) is 6.54 Å². The Balaban J connectivity index is 1.82. The van der Waals surface area contributed by atoms with E-state index in [-0.39, 0.29) is 19.2 Å². The molecule has 0 saturated carbocycles. The monoisotopic (exact) mass is 304 g/mol. The normalized spacial score (nSPS) is 17.6. The number of carbonyl (C=O) groups is 2. The summed E-state index contributed by atoms with van der Waals surface area (Å²) in [6.07, 6.45) is 2.34. The molecule has 1 aromatic carbocycles. The van der Waals surface area contributed by atoms with E-state index in [1.165, 1.54) is 11.1 Å². The van der Waals surface area contributed by atoms with Gasteiger partial charge < -0.3 is 9.47 Å². The summed E-state index contributed by atoms with van der Waals surface area (Å²) in [5.41, 5.74) is 3.76. The zero-order chi connectivity index (χ0) is 15.8. The van der Waals surface area contributed by atoms with Gasteiger partial charge in [0.1, 0.15) is 19.3 Å². The number of hydrogen-bond donors (Lipinski definition) is 1. The number of hydrogen-bond acceptors (Lipinski definition) is 5. The third-order valence-corrected chi connectivity index (χ3v) is 3.24. The lowest BCUT2D eigenvalue weighted by Crippen LogP contribution is -2.55. The summed E-state index contributed by atoms with van der Waals surface area (Å²) < 4.78 is 10.2. The Morgan fingerprint density at radius 1 is 1.32 bits per heavy atom. The molecule has 0 aliphatic carbocycles. The van der Waals surface area contributed by atoms with Crippen LogP contribution in [0.25, 0.3) is 0 Å². The Labute approximate surface area is 129 Å². The number of rotatable bonds is 5. The number of amides is 1. The van der Waals surface area contributed by atoms with Crippen molar-refractivity contribution in [3.05, 3.63) is 48.6 Å². The van der Waals surface area contributed by atoms with E-state index in [2.05, 4.69) is 12.0 Å². The number of carbonyl (C=O) groups excluding carboxylic acids is 2. The lowest BCUT2D eigenvalue weighted by Gasteiger charge is -2.31. The van der Waals surface area contributed by atoms with Crippen LogP contribution in [0.3, 0.4) is 0 Å². The molecule has 118 valence electrons. The minimum absolute atomic E-state index is 0.162. The highest BCUT2D eigenvalue weighted by atomic mass is 16.6. The Morgan fingerprint density at radius 2 is 2.09 bits per heavy atom. The third-order valence-electron chi connectivity index (χ3n) is 3.24. The van der Waals surface area contributed by atoms with E-state index in [0.29, 0.717) is 19.4 Å². The standard InChI is InChI=1S/C16H20N2O4/c1-2-11-21-15(19)14-9-6-10-18(17-14)16(20)22-12-13-7-4-3-5-8-13/h2-5,7-8,14,17H,1,6,9-12H2. The average molecular weight is 304 g/mol. The summed E-state index contributed by atoms with van der Waals surface area (Å²) in [7, 11) is 0. The second-order valence-electron chi connectivity index (χ2n) is 4.93. The highest BCUT2D eigenvalue weighted by Crippen LogP contribution is 2.11. The van der Waals surface area contributed by atoms with Crippen LogP contribution < -0.4 is 5.43 Å². The van der Waals surface area contributed by atoms with Gasteiger partial charge in [-0.05, 0) is 18.4 Å². The van der Waals surface area contributed by atoms with Gasteiger partial charge in [-0.2, -0.15) is 0 Å². The highest BCUT2D eigenvalue weighted by Gasteiger charge is 2.29. The van der Waals surface area contributed by atoms with Gasteiger partial charge >= 0.3 is 12.1 Å². The molecule has 1 fully saturated rings. The molecular weight excluding hydrogens is 284 g/mol. The van der Waals surface area contributed by atoms with Crippen molar-refractivity contribution in [3.8, 4) is 0 Å². The summed E-state index contributed by atoms with van der Waals surface area (Å²) in [6, 6.07) is 8.90. The van der Waals surface area contributed by atoms with E-state index in [0.717, 1.165) is 5.56 Å². The lowest BCUT2D eigenvalue weighted by molar-refractivity contribution is -0.147. The first-order valence-corrected chi connectivity index (χ1v) is 7.22. The van der Waals surface area contributed by atoms with Gasteiger partial charge in [-0.3, -0.25) is 4.79 Å². The first-order chi connectivity index (χ1) is 10.7.